The second-order valence-corrected chi connectivity index (χ2v) is 3.84. The molecule has 0 aliphatic carbocycles. The second-order valence-electron chi connectivity index (χ2n) is 3.84. The number of esters is 1. The maximum atomic E-state index is 11.1. The lowest BCUT2D eigenvalue weighted by molar-refractivity contribution is -0.161. The molecule has 0 aromatic rings. The summed E-state index contributed by atoms with van der Waals surface area (Å²) < 4.78 is 4.94. The Morgan fingerprint density at radius 1 is 1.27 bits per heavy atom. The Morgan fingerprint density at radius 2 is 1.87 bits per heavy atom. The topological polar surface area (TPSA) is 76.7 Å². The zero-order valence-corrected chi connectivity index (χ0v) is 9.55. The molecule has 15 heavy (non-hydrogen) atoms. The molecule has 0 aliphatic rings. The van der Waals surface area contributed by atoms with E-state index in [4.69, 9.17) is 4.74 Å². The molecule has 0 rings (SSSR count). The Bertz CT molecular complexity index is 223. The molecule has 0 heterocycles. The van der Waals surface area contributed by atoms with Crippen molar-refractivity contribution in [3.05, 3.63) is 0 Å². The summed E-state index contributed by atoms with van der Waals surface area (Å²) in [6.07, 6.45) is 0. The molecule has 0 radical (unpaired) electrons. The summed E-state index contributed by atoms with van der Waals surface area (Å²) in [7, 11) is 0. The maximum Gasteiger partial charge on any atom is 0.338 e. The number of ether oxygens (including phenoxy) is 1. The summed E-state index contributed by atoms with van der Waals surface area (Å²) in [6, 6.07) is -0.485. The Morgan fingerprint density at radius 3 is 2.33 bits per heavy atom. The minimum Gasteiger partial charge on any atom is -0.458 e. The average molecular weight is 218 g/mol. The second kappa shape index (κ2) is 6.23. The standard InChI is InChI=1S/C9H18N2O4/c1-5-10-8(13)11-14-6-7(12)15-9(2,3)4/h5-6H2,1-4H3,(H2,10,11,13). The van der Waals surface area contributed by atoms with Crippen molar-refractivity contribution in [3.63, 3.8) is 0 Å². The third-order valence-electron chi connectivity index (χ3n) is 1.11. The van der Waals surface area contributed by atoms with Gasteiger partial charge < -0.3 is 10.1 Å². The van der Waals surface area contributed by atoms with Crippen molar-refractivity contribution in [2.24, 2.45) is 0 Å². The lowest BCUT2D eigenvalue weighted by Gasteiger charge is -2.19. The van der Waals surface area contributed by atoms with Crippen molar-refractivity contribution in [2.75, 3.05) is 13.2 Å². The first-order valence-electron chi connectivity index (χ1n) is 4.72. The summed E-state index contributed by atoms with van der Waals surface area (Å²) in [5.74, 6) is -0.528. The Labute approximate surface area is 89.3 Å². The maximum absolute atomic E-state index is 11.1. The number of carbonyl (C=O) groups is 2. The van der Waals surface area contributed by atoms with E-state index in [1.54, 1.807) is 27.7 Å². The number of urea groups is 1. The summed E-state index contributed by atoms with van der Waals surface area (Å²) >= 11 is 0. The number of hydrogen-bond acceptors (Lipinski definition) is 4. The number of nitrogens with one attached hydrogen (secondary N) is 2. The van der Waals surface area contributed by atoms with Gasteiger partial charge in [-0.1, -0.05) is 0 Å². The van der Waals surface area contributed by atoms with Gasteiger partial charge in [-0.3, -0.25) is 4.84 Å². The van der Waals surface area contributed by atoms with Crippen LogP contribution in [-0.4, -0.2) is 30.8 Å². The molecule has 6 heteroatoms. The fourth-order valence-corrected chi connectivity index (χ4v) is 0.728. The Hall–Kier alpha value is -1.30. The molecule has 88 valence electrons. The molecular formula is C9H18N2O4. The normalized spacial score (nSPS) is 10.7. The highest BCUT2D eigenvalue weighted by Gasteiger charge is 2.16. The molecule has 0 atom stereocenters. The number of carbonyl (C=O) groups excluding carboxylic acids is 2. The van der Waals surface area contributed by atoms with Crippen LogP contribution in [0.5, 0.6) is 0 Å². The van der Waals surface area contributed by atoms with Crippen LogP contribution < -0.4 is 10.8 Å². The predicted octanol–water partition coefficient (Wildman–Crippen LogP) is 0.579. The van der Waals surface area contributed by atoms with Crippen molar-refractivity contribution < 1.29 is 19.2 Å². The zero-order chi connectivity index (χ0) is 11.9. The SMILES string of the molecule is CCNC(=O)NOCC(=O)OC(C)(C)C. The van der Waals surface area contributed by atoms with E-state index in [1.165, 1.54) is 0 Å². The van der Waals surface area contributed by atoms with Crippen LogP contribution in [0.3, 0.4) is 0 Å². The molecule has 0 aliphatic heterocycles. The van der Waals surface area contributed by atoms with Crippen LogP contribution in [0.2, 0.25) is 0 Å². The van der Waals surface area contributed by atoms with Gasteiger partial charge in [-0.15, -0.1) is 0 Å². The predicted molar refractivity (Wildman–Crippen MR) is 54.0 cm³/mol. The molecule has 6 nitrogen and oxygen atoms in total. The van der Waals surface area contributed by atoms with Crippen LogP contribution >= 0.6 is 0 Å². The Balaban J connectivity index is 3.60. The van der Waals surface area contributed by atoms with Crippen LogP contribution in [0, 0.1) is 0 Å². The van der Waals surface area contributed by atoms with E-state index < -0.39 is 17.6 Å². The molecule has 2 N–H and O–H groups in total. The van der Waals surface area contributed by atoms with E-state index in [0.29, 0.717) is 6.54 Å². The van der Waals surface area contributed by atoms with Gasteiger partial charge in [-0.25, -0.2) is 15.1 Å². The number of rotatable bonds is 4. The summed E-state index contributed by atoms with van der Waals surface area (Å²) in [4.78, 5) is 26.5. The molecule has 0 aromatic heterocycles. The van der Waals surface area contributed by atoms with Crippen LogP contribution in [0.4, 0.5) is 4.79 Å². The van der Waals surface area contributed by atoms with Gasteiger partial charge in [0.15, 0.2) is 6.61 Å². The number of hydroxylamine groups is 1. The fourth-order valence-electron chi connectivity index (χ4n) is 0.728. The molecule has 0 spiro atoms. The van der Waals surface area contributed by atoms with Gasteiger partial charge in [0.1, 0.15) is 5.60 Å². The van der Waals surface area contributed by atoms with Crippen LogP contribution in [0.1, 0.15) is 27.7 Å². The van der Waals surface area contributed by atoms with Gasteiger partial charge in [-0.05, 0) is 27.7 Å². The van der Waals surface area contributed by atoms with E-state index in [0.717, 1.165) is 0 Å². The third kappa shape index (κ3) is 9.01. The van der Waals surface area contributed by atoms with E-state index in [-0.39, 0.29) is 6.61 Å². The molecule has 0 saturated heterocycles. The Kier molecular flexibility index (Phi) is 5.69. The van der Waals surface area contributed by atoms with E-state index in [9.17, 15) is 9.59 Å². The monoisotopic (exact) mass is 218 g/mol. The minimum absolute atomic E-state index is 0.311. The highest BCUT2D eigenvalue weighted by molar-refractivity contribution is 5.74. The van der Waals surface area contributed by atoms with Gasteiger partial charge >= 0.3 is 12.0 Å². The molecular weight excluding hydrogens is 200 g/mol. The first-order chi connectivity index (χ1) is 6.85. The number of amides is 2. The van der Waals surface area contributed by atoms with Crippen molar-refractivity contribution >= 4 is 12.0 Å². The third-order valence-corrected chi connectivity index (χ3v) is 1.11. The lowest BCUT2D eigenvalue weighted by Crippen LogP contribution is -2.37. The highest BCUT2D eigenvalue weighted by atomic mass is 16.7. The van der Waals surface area contributed by atoms with Crippen molar-refractivity contribution in [1.82, 2.24) is 10.8 Å². The van der Waals surface area contributed by atoms with Crippen LogP contribution in [0.25, 0.3) is 0 Å². The average Bonchev–Trinajstić information content (AvgIpc) is 2.00. The summed E-state index contributed by atoms with van der Waals surface area (Å²) in [5.41, 5.74) is 1.50. The van der Waals surface area contributed by atoms with Crippen LogP contribution in [0.15, 0.2) is 0 Å². The van der Waals surface area contributed by atoms with Crippen molar-refractivity contribution in [2.45, 2.75) is 33.3 Å². The minimum atomic E-state index is -0.549. The van der Waals surface area contributed by atoms with Crippen molar-refractivity contribution in [3.8, 4) is 0 Å². The van der Waals surface area contributed by atoms with Gasteiger partial charge in [0.2, 0.25) is 0 Å². The van der Waals surface area contributed by atoms with Gasteiger partial charge in [0, 0.05) is 6.54 Å². The molecule has 0 bridgehead atoms. The van der Waals surface area contributed by atoms with E-state index >= 15 is 0 Å². The quantitative estimate of drug-likeness (QED) is 0.534. The van der Waals surface area contributed by atoms with Gasteiger partial charge in [-0.2, -0.15) is 0 Å². The van der Waals surface area contributed by atoms with Gasteiger partial charge in [0.05, 0.1) is 0 Å². The molecule has 2 amide bonds. The largest absolute Gasteiger partial charge is 0.458 e. The van der Waals surface area contributed by atoms with Gasteiger partial charge in [0.25, 0.3) is 0 Å². The summed E-state index contributed by atoms with van der Waals surface area (Å²) in [6.45, 7) is 7.20. The summed E-state index contributed by atoms with van der Waals surface area (Å²) in [5, 5.41) is 2.44. The van der Waals surface area contributed by atoms with E-state index in [1.807, 2.05) is 5.48 Å². The lowest BCUT2D eigenvalue weighted by atomic mass is 10.2. The first-order valence-corrected chi connectivity index (χ1v) is 4.72. The molecule has 0 unspecified atom stereocenters. The fraction of sp³-hybridized carbons (Fsp3) is 0.778. The molecule has 0 saturated carbocycles. The molecule has 0 aromatic carbocycles. The van der Waals surface area contributed by atoms with E-state index in [2.05, 4.69) is 10.2 Å². The van der Waals surface area contributed by atoms with Crippen molar-refractivity contribution in [1.29, 1.82) is 0 Å². The smallest absolute Gasteiger partial charge is 0.338 e. The first kappa shape index (κ1) is 13.7. The van der Waals surface area contributed by atoms with Crippen LogP contribution in [-0.2, 0) is 14.4 Å². The number of hydrogen-bond donors (Lipinski definition) is 2. The molecule has 0 fully saturated rings. The highest BCUT2D eigenvalue weighted by Crippen LogP contribution is 2.06. The zero-order valence-electron chi connectivity index (χ0n) is 9.55.